The molecule has 104 valence electrons. The lowest BCUT2D eigenvalue weighted by molar-refractivity contribution is 0.0915. The van der Waals surface area contributed by atoms with E-state index in [1.807, 2.05) is 30.3 Å². The van der Waals surface area contributed by atoms with E-state index in [1.165, 1.54) is 0 Å². The highest BCUT2D eigenvalue weighted by Gasteiger charge is 2.16. The number of halogens is 1. The van der Waals surface area contributed by atoms with Gasteiger partial charge in [0.15, 0.2) is 0 Å². The lowest BCUT2D eigenvalue weighted by atomic mass is 10.1. The zero-order chi connectivity index (χ0) is 14.5. The molecule has 0 saturated heterocycles. The zero-order valence-corrected chi connectivity index (χ0v) is 12.3. The van der Waals surface area contributed by atoms with Gasteiger partial charge in [-0.1, -0.05) is 30.3 Å². The van der Waals surface area contributed by atoms with Crippen LogP contribution >= 0.6 is 15.9 Å². The van der Waals surface area contributed by atoms with E-state index in [-0.39, 0.29) is 12.5 Å². The van der Waals surface area contributed by atoms with Gasteiger partial charge in [-0.25, -0.2) is 0 Å². The predicted octanol–water partition coefficient (Wildman–Crippen LogP) is 2.49. The van der Waals surface area contributed by atoms with E-state index in [0.717, 1.165) is 5.56 Å². The Bertz CT molecular complexity index is 602. The van der Waals surface area contributed by atoms with Crippen molar-refractivity contribution < 1.29 is 9.90 Å². The molecule has 0 heterocycles. The second-order valence-corrected chi connectivity index (χ2v) is 5.21. The number of nitrogens with one attached hydrogen (secondary N) is 1. The van der Waals surface area contributed by atoms with Gasteiger partial charge in [-0.3, -0.25) is 4.79 Å². The van der Waals surface area contributed by atoms with E-state index in [9.17, 15) is 9.90 Å². The van der Waals surface area contributed by atoms with Gasteiger partial charge >= 0.3 is 0 Å². The molecule has 0 bridgehead atoms. The molecule has 2 rings (SSSR count). The van der Waals surface area contributed by atoms with Gasteiger partial charge in [0, 0.05) is 10.2 Å². The standard InChI is InChI=1S/C15H15BrN2O2/c16-13-7-6-11(17)8-12(13)15(20)18-14(9-19)10-4-2-1-3-5-10/h1-8,14,19H,9,17H2,(H,18,20)/t14-/m1/s1. The maximum Gasteiger partial charge on any atom is 0.253 e. The Hall–Kier alpha value is -1.85. The molecule has 2 aromatic carbocycles. The fourth-order valence-corrected chi connectivity index (χ4v) is 2.30. The maximum atomic E-state index is 12.3. The molecule has 0 radical (unpaired) electrons. The van der Waals surface area contributed by atoms with Crippen molar-refractivity contribution >= 4 is 27.5 Å². The average Bonchev–Trinajstić information content (AvgIpc) is 2.48. The number of carbonyl (C=O) groups is 1. The van der Waals surface area contributed by atoms with Crippen molar-refractivity contribution in [1.82, 2.24) is 5.32 Å². The van der Waals surface area contributed by atoms with Crippen molar-refractivity contribution in [1.29, 1.82) is 0 Å². The van der Waals surface area contributed by atoms with Crippen LogP contribution < -0.4 is 11.1 Å². The molecular weight excluding hydrogens is 320 g/mol. The van der Waals surface area contributed by atoms with Gasteiger partial charge in [-0.05, 0) is 39.7 Å². The molecule has 5 heteroatoms. The number of amides is 1. The lowest BCUT2D eigenvalue weighted by Gasteiger charge is -2.17. The molecule has 0 saturated carbocycles. The van der Waals surface area contributed by atoms with Crippen molar-refractivity contribution in [2.75, 3.05) is 12.3 Å². The van der Waals surface area contributed by atoms with E-state index in [4.69, 9.17) is 5.73 Å². The summed E-state index contributed by atoms with van der Waals surface area (Å²) in [5.74, 6) is -0.285. The van der Waals surface area contributed by atoms with Crippen LogP contribution in [0.3, 0.4) is 0 Å². The van der Waals surface area contributed by atoms with Gasteiger partial charge < -0.3 is 16.2 Å². The maximum absolute atomic E-state index is 12.3. The quantitative estimate of drug-likeness (QED) is 0.752. The summed E-state index contributed by atoms with van der Waals surface area (Å²) in [5, 5.41) is 12.2. The minimum absolute atomic E-state index is 0.171. The van der Waals surface area contributed by atoms with Crippen LogP contribution in [0.1, 0.15) is 22.0 Å². The number of hydrogen-bond acceptors (Lipinski definition) is 3. The highest BCUT2D eigenvalue weighted by Crippen LogP contribution is 2.21. The summed E-state index contributed by atoms with van der Waals surface area (Å²) in [7, 11) is 0. The molecule has 2 aromatic rings. The van der Waals surface area contributed by atoms with E-state index in [0.29, 0.717) is 15.7 Å². The third-order valence-corrected chi connectivity index (χ3v) is 3.62. The van der Waals surface area contributed by atoms with E-state index >= 15 is 0 Å². The number of carbonyl (C=O) groups excluding carboxylic acids is 1. The SMILES string of the molecule is Nc1ccc(Br)c(C(=O)N[C@H](CO)c2ccccc2)c1. The molecular formula is C15H15BrN2O2. The van der Waals surface area contributed by atoms with Crippen LogP contribution in [0.5, 0.6) is 0 Å². The van der Waals surface area contributed by atoms with Gasteiger partial charge in [0.2, 0.25) is 0 Å². The molecule has 1 atom stereocenters. The molecule has 4 N–H and O–H groups in total. The smallest absolute Gasteiger partial charge is 0.253 e. The first kappa shape index (κ1) is 14.6. The Morgan fingerprint density at radius 3 is 2.60 bits per heavy atom. The Morgan fingerprint density at radius 2 is 1.95 bits per heavy atom. The van der Waals surface area contributed by atoms with Crippen molar-refractivity contribution in [3.8, 4) is 0 Å². The third-order valence-electron chi connectivity index (χ3n) is 2.92. The first-order valence-electron chi connectivity index (χ1n) is 6.13. The zero-order valence-electron chi connectivity index (χ0n) is 10.7. The molecule has 4 nitrogen and oxygen atoms in total. The molecule has 0 aliphatic rings. The molecule has 0 fully saturated rings. The van der Waals surface area contributed by atoms with Gasteiger partial charge in [-0.15, -0.1) is 0 Å². The molecule has 0 spiro atoms. The summed E-state index contributed by atoms with van der Waals surface area (Å²) in [4.78, 5) is 12.3. The van der Waals surface area contributed by atoms with Gasteiger partial charge in [-0.2, -0.15) is 0 Å². The number of nitrogens with two attached hydrogens (primary N) is 1. The molecule has 0 aliphatic heterocycles. The first-order chi connectivity index (χ1) is 9.61. The summed E-state index contributed by atoms with van der Waals surface area (Å²) in [6.07, 6.45) is 0. The number of aliphatic hydroxyl groups excluding tert-OH is 1. The second-order valence-electron chi connectivity index (χ2n) is 4.36. The van der Waals surface area contributed by atoms with E-state index < -0.39 is 6.04 Å². The van der Waals surface area contributed by atoms with Crippen molar-refractivity contribution in [2.45, 2.75) is 6.04 Å². The highest BCUT2D eigenvalue weighted by atomic mass is 79.9. The normalized spacial score (nSPS) is 11.9. The van der Waals surface area contributed by atoms with Gasteiger partial charge in [0.05, 0.1) is 18.2 Å². The summed E-state index contributed by atoms with van der Waals surface area (Å²) in [5.41, 5.74) is 7.50. The first-order valence-corrected chi connectivity index (χ1v) is 6.93. The molecule has 0 aromatic heterocycles. The Kier molecular flexibility index (Phi) is 4.76. The van der Waals surface area contributed by atoms with Crippen LogP contribution in [-0.2, 0) is 0 Å². The van der Waals surface area contributed by atoms with Crippen molar-refractivity contribution in [3.05, 3.63) is 64.1 Å². The van der Waals surface area contributed by atoms with Gasteiger partial charge in [0.25, 0.3) is 5.91 Å². The Labute approximate surface area is 125 Å². The fourth-order valence-electron chi connectivity index (χ4n) is 1.87. The predicted molar refractivity (Wildman–Crippen MR) is 82.3 cm³/mol. The summed E-state index contributed by atoms with van der Waals surface area (Å²) in [6, 6.07) is 13.9. The number of aliphatic hydroxyl groups is 1. The summed E-state index contributed by atoms with van der Waals surface area (Å²) >= 11 is 3.32. The van der Waals surface area contributed by atoms with Crippen LogP contribution in [0, 0.1) is 0 Å². The van der Waals surface area contributed by atoms with Crippen LogP contribution in [0.4, 0.5) is 5.69 Å². The number of hydrogen-bond donors (Lipinski definition) is 3. The molecule has 1 amide bonds. The van der Waals surface area contributed by atoms with Crippen LogP contribution in [0.15, 0.2) is 53.0 Å². The van der Waals surface area contributed by atoms with Gasteiger partial charge in [0.1, 0.15) is 0 Å². The second kappa shape index (κ2) is 6.54. The molecule has 20 heavy (non-hydrogen) atoms. The summed E-state index contributed by atoms with van der Waals surface area (Å²) in [6.45, 7) is -0.171. The highest BCUT2D eigenvalue weighted by molar-refractivity contribution is 9.10. The van der Waals surface area contributed by atoms with Crippen molar-refractivity contribution in [3.63, 3.8) is 0 Å². The number of nitrogen functional groups attached to an aromatic ring is 1. The molecule has 0 unspecified atom stereocenters. The van der Waals surface area contributed by atoms with Crippen LogP contribution in [-0.4, -0.2) is 17.6 Å². The topological polar surface area (TPSA) is 75.4 Å². The Morgan fingerprint density at radius 1 is 1.25 bits per heavy atom. The Balaban J connectivity index is 2.20. The van der Waals surface area contributed by atoms with E-state index in [2.05, 4.69) is 21.2 Å². The van der Waals surface area contributed by atoms with Crippen LogP contribution in [0.2, 0.25) is 0 Å². The largest absolute Gasteiger partial charge is 0.399 e. The monoisotopic (exact) mass is 334 g/mol. The number of benzene rings is 2. The summed E-state index contributed by atoms with van der Waals surface area (Å²) < 4.78 is 0.661. The lowest BCUT2D eigenvalue weighted by Crippen LogP contribution is -2.31. The number of rotatable bonds is 4. The minimum Gasteiger partial charge on any atom is -0.399 e. The third kappa shape index (κ3) is 3.37. The number of anilines is 1. The minimum atomic E-state index is -0.447. The average molecular weight is 335 g/mol. The van der Waals surface area contributed by atoms with Crippen LogP contribution in [0.25, 0.3) is 0 Å². The molecule has 0 aliphatic carbocycles. The fraction of sp³-hybridized carbons (Fsp3) is 0.133. The van der Waals surface area contributed by atoms with E-state index in [1.54, 1.807) is 18.2 Å². The van der Waals surface area contributed by atoms with Crippen molar-refractivity contribution in [2.24, 2.45) is 0 Å².